The van der Waals surface area contributed by atoms with Crippen LogP contribution in [0.3, 0.4) is 0 Å². The Balaban J connectivity index is 2.88. The molecule has 0 atom stereocenters. The van der Waals surface area contributed by atoms with Crippen LogP contribution in [-0.4, -0.2) is 0 Å². The molecule has 1 heterocycles. The first kappa shape index (κ1) is 7.37. The second-order valence-corrected chi connectivity index (χ2v) is 2.95. The van der Waals surface area contributed by atoms with Gasteiger partial charge in [-0.15, -0.1) is 0 Å². The molecule has 0 aliphatic carbocycles. The zero-order chi connectivity index (χ0) is 8.55. The summed E-state index contributed by atoms with van der Waals surface area (Å²) in [4.78, 5) is 0. The third kappa shape index (κ3) is 1.10. The SMILES string of the molecule is [O-][n+]1ccc2cccc(Cl)c2c1. The monoisotopic (exact) mass is 179 g/mol. The summed E-state index contributed by atoms with van der Waals surface area (Å²) in [6, 6.07) is 7.29. The van der Waals surface area contributed by atoms with E-state index in [0.29, 0.717) is 5.02 Å². The van der Waals surface area contributed by atoms with Gasteiger partial charge in [-0.25, -0.2) is 0 Å². The van der Waals surface area contributed by atoms with Crippen molar-refractivity contribution < 1.29 is 4.73 Å². The maximum absolute atomic E-state index is 10.9. The predicted molar refractivity (Wildman–Crippen MR) is 47.9 cm³/mol. The maximum Gasteiger partial charge on any atom is 0.189 e. The van der Waals surface area contributed by atoms with Crippen LogP contribution in [0.15, 0.2) is 36.7 Å². The molecule has 0 saturated heterocycles. The molecule has 0 radical (unpaired) electrons. The van der Waals surface area contributed by atoms with E-state index in [2.05, 4.69) is 0 Å². The number of hydrogen-bond donors (Lipinski definition) is 0. The summed E-state index contributed by atoms with van der Waals surface area (Å²) in [5, 5.41) is 13.3. The molecule has 2 nitrogen and oxygen atoms in total. The molecule has 0 aliphatic heterocycles. The number of halogens is 1. The highest BCUT2D eigenvalue weighted by molar-refractivity contribution is 6.35. The minimum atomic E-state index is 0.609. The second kappa shape index (κ2) is 2.64. The molecule has 0 unspecified atom stereocenters. The molecule has 0 N–H and O–H groups in total. The van der Waals surface area contributed by atoms with Crippen molar-refractivity contribution in [3.8, 4) is 0 Å². The third-order valence-electron chi connectivity index (χ3n) is 1.74. The smallest absolute Gasteiger partial charge is 0.189 e. The van der Waals surface area contributed by atoms with E-state index in [1.54, 1.807) is 12.1 Å². The molecule has 0 spiro atoms. The van der Waals surface area contributed by atoms with E-state index in [9.17, 15) is 5.21 Å². The van der Waals surface area contributed by atoms with Gasteiger partial charge in [0.25, 0.3) is 0 Å². The van der Waals surface area contributed by atoms with Crippen molar-refractivity contribution in [1.82, 2.24) is 0 Å². The Labute approximate surface area is 74.6 Å². The number of rotatable bonds is 0. The van der Waals surface area contributed by atoms with Gasteiger partial charge in [-0.3, -0.25) is 0 Å². The molecule has 1 aromatic carbocycles. The highest BCUT2D eigenvalue weighted by atomic mass is 35.5. The van der Waals surface area contributed by atoms with E-state index >= 15 is 0 Å². The van der Waals surface area contributed by atoms with Crippen molar-refractivity contribution in [3.63, 3.8) is 0 Å². The van der Waals surface area contributed by atoms with Crippen molar-refractivity contribution in [2.45, 2.75) is 0 Å². The molecule has 3 heteroatoms. The number of nitrogens with zero attached hydrogens (tertiary/aromatic N) is 1. The summed E-state index contributed by atoms with van der Waals surface area (Å²) < 4.78 is 0.744. The summed E-state index contributed by atoms with van der Waals surface area (Å²) >= 11 is 5.88. The first-order valence-corrected chi connectivity index (χ1v) is 3.92. The zero-order valence-electron chi connectivity index (χ0n) is 6.20. The topological polar surface area (TPSA) is 26.9 Å². The molecule has 60 valence electrons. The van der Waals surface area contributed by atoms with Crippen molar-refractivity contribution in [1.29, 1.82) is 0 Å². The van der Waals surface area contributed by atoms with Crippen LogP contribution in [0.2, 0.25) is 5.02 Å². The number of benzene rings is 1. The molecule has 1 aromatic heterocycles. The molecule has 0 aliphatic rings. The fraction of sp³-hybridized carbons (Fsp3) is 0. The van der Waals surface area contributed by atoms with E-state index in [0.717, 1.165) is 15.5 Å². The van der Waals surface area contributed by atoms with E-state index in [1.165, 1.54) is 12.4 Å². The lowest BCUT2D eigenvalue weighted by atomic mass is 10.2. The van der Waals surface area contributed by atoms with E-state index in [-0.39, 0.29) is 0 Å². The van der Waals surface area contributed by atoms with Gasteiger partial charge < -0.3 is 5.21 Å². The Bertz CT molecular complexity index is 428. The van der Waals surface area contributed by atoms with Crippen molar-refractivity contribution >= 4 is 22.4 Å². The van der Waals surface area contributed by atoms with Gasteiger partial charge in [0, 0.05) is 6.07 Å². The van der Waals surface area contributed by atoms with Crippen LogP contribution in [0.4, 0.5) is 0 Å². The highest BCUT2D eigenvalue weighted by Crippen LogP contribution is 2.20. The molecule has 2 rings (SSSR count). The minimum absolute atomic E-state index is 0.609. The standard InChI is InChI=1S/C9H6ClNO/c10-9-3-1-2-7-4-5-11(12)6-8(7)9/h1-6H. The lowest BCUT2D eigenvalue weighted by molar-refractivity contribution is -0.603. The maximum atomic E-state index is 10.9. The van der Waals surface area contributed by atoms with Crippen molar-refractivity contribution in [2.75, 3.05) is 0 Å². The fourth-order valence-electron chi connectivity index (χ4n) is 1.16. The van der Waals surface area contributed by atoms with Gasteiger partial charge in [0.1, 0.15) is 0 Å². The summed E-state index contributed by atoms with van der Waals surface area (Å²) in [5.74, 6) is 0. The predicted octanol–water partition coefficient (Wildman–Crippen LogP) is 2.13. The Morgan fingerprint density at radius 1 is 1.25 bits per heavy atom. The summed E-state index contributed by atoms with van der Waals surface area (Å²) in [7, 11) is 0. The highest BCUT2D eigenvalue weighted by Gasteiger charge is 2.00. The Kier molecular flexibility index (Phi) is 1.62. The first-order valence-electron chi connectivity index (χ1n) is 3.54. The van der Waals surface area contributed by atoms with Gasteiger partial charge in [-0.05, 0) is 11.5 Å². The van der Waals surface area contributed by atoms with Crippen molar-refractivity contribution in [3.05, 3.63) is 46.9 Å². The van der Waals surface area contributed by atoms with Gasteiger partial charge in [0.15, 0.2) is 12.4 Å². The largest absolute Gasteiger partial charge is 0.619 e. The van der Waals surface area contributed by atoms with E-state index < -0.39 is 0 Å². The molecule has 0 bridgehead atoms. The van der Waals surface area contributed by atoms with Crippen LogP contribution >= 0.6 is 11.6 Å². The Morgan fingerprint density at radius 2 is 2.08 bits per heavy atom. The number of fused-ring (bicyclic) bond motifs is 1. The number of hydrogen-bond acceptors (Lipinski definition) is 1. The lowest BCUT2D eigenvalue weighted by Gasteiger charge is -1.99. The first-order chi connectivity index (χ1) is 5.77. The number of pyridine rings is 1. The van der Waals surface area contributed by atoms with Gasteiger partial charge in [0.2, 0.25) is 0 Å². The molecule has 0 saturated carbocycles. The molecule has 2 aromatic rings. The Hall–Kier alpha value is -1.28. The molecule has 0 amide bonds. The van der Waals surface area contributed by atoms with Crippen LogP contribution in [0.1, 0.15) is 0 Å². The van der Waals surface area contributed by atoms with Crippen molar-refractivity contribution in [2.24, 2.45) is 0 Å². The molecular weight excluding hydrogens is 174 g/mol. The summed E-state index contributed by atoms with van der Waals surface area (Å²) in [6.45, 7) is 0. The van der Waals surface area contributed by atoms with Crippen LogP contribution in [-0.2, 0) is 0 Å². The quantitative estimate of drug-likeness (QED) is 0.450. The average Bonchev–Trinajstić information content (AvgIpc) is 2.07. The Morgan fingerprint density at radius 3 is 2.92 bits per heavy atom. The van der Waals surface area contributed by atoms with Crippen LogP contribution < -0.4 is 4.73 Å². The fourth-order valence-corrected chi connectivity index (χ4v) is 1.39. The van der Waals surface area contributed by atoms with E-state index in [4.69, 9.17) is 11.6 Å². The van der Waals surface area contributed by atoms with Crippen LogP contribution in [0.25, 0.3) is 10.8 Å². The van der Waals surface area contributed by atoms with Gasteiger partial charge >= 0.3 is 0 Å². The van der Waals surface area contributed by atoms with Gasteiger partial charge in [0.05, 0.1) is 10.4 Å². The zero-order valence-corrected chi connectivity index (χ0v) is 6.95. The van der Waals surface area contributed by atoms with Gasteiger partial charge in [-0.1, -0.05) is 23.7 Å². The average molecular weight is 180 g/mol. The number of aromatic nitrogens is 1. The lowest BCUT2D eigenvalue weighted by Crippen LogP contribution is -2.23. The van der Waals surface area contributed by atoms with E-state index in [1.807, 2.05) is 12.1 Å². The molecule has 12 heavy (non-hydrogen) atoms. The molecule has 0 fully saturated rings. The summed E-state index contributed by atoms with van der Waals surface area (Å²) in [6.07, 6.45) is 2.93. The van der Waals surface area contributed by atoms with Gasteiger partial charge in [-0.2, -0.15) is 4.73 Å². The van der Waals surface area contributed by atoms with Crippen LogP contribution in [0.5, 0.6) is 0 Å². The minimum Gasteiger partial charge on any atom is -0.619 e. The third-order valence-corrected chi connectivity index (χ3v) is 2.07. The second-order valence-electron chi connectivity index (χ2n) is 2.55. The normalized spacial score (nSPS) is 10.4. The molecular formula is C9H6ClNO. The summed E-state index contributed by atoms with van der Waals surface area (Å²) in [5.41, 5.74) is 0. The van der Waals surface area contributed by atoms with Crippen LogP contribution in [0, 0.1) is 5.21 Å².